The number of hydrogen-bond donors (Lipinski definition) is 2. The maximum Gasteiger partial charge on any atom is 0.411 e. The van der Waals surface area contributed by atoms with Crippen LogP contribution in [-0.2, 0) is 22.5 Å². The molecule has 3 aliphatic rings. The minimum absolute atomic E-state index is 0.109. The highest BCUT2D eigenvalue weighted by Crippen LogP contribution is 2.34. The van der Waals surface area contributed by atoms with Gasteiger partial charge in [0.25, 0.3) is 0 Å². The Hall–Kier alpha value is -2.28. The van der Waals surface area contributed by atoms with E-state index in [1.165, 1.54) is 17.7 Å². The van der Waals surface area contributed by atoms with Crippen LogP contribution in [0.15, 0.2) is 18.2 Å². The van der Waals surface area contributed by atoms with E-state index in [-0.39, 0.29) is 24.2 Å². The predicted molar refractivity (Wildman–Crippen MR) is 127 cm³/mol. The van der Waals surface area contributed by atoms with Gasteiger partial charge in [0.15, 0.2) is 0 Å². The fourth-order valence-electron chi connectivity index (χ4n) is 4.93. The number of piperidine rings is 1. The molecular weight excluding hydrogens is 418 g/mol. The average Bonchev–Trinajstić information content (AvgIpc) is 3.58. The molecule has 2 amide bonds. The van der Waals surface area contributed by atoms with Gasteiger partial charge in [-0.25, -0.2) is 4.79 Å². The monoisotopic (exact) mass is 457 g/mol. The lowest BCUT2D eigenvalue weighted by atomic mass is 9.93. The molecule has 2 heterocycles. The Morgan fingerprint density at radius 2 is 1.85 bits per heavy atom. The largest absolute Gasteiger partial charge is 0.508 e. The molecule has 0 unspecified atom stereocenters. The number of amides is 2. The minimum Gasteiger partial charge on any atom is -0.508 e. The predicted octanol–water partition coefficient (Wildman–Crippen LogP) is 3.68. The number of aromatic hydroxyl groups is 1. The molecule has 0 radical (unpaired) electrons. The highest BCUT2D eigenvalue weighted by Gasteiger charge is 2.40. The number of hydrogen-bond acceptors (Lipinski definition) is 5. The molecule has 1 aromatic carbocycles. The Morgan fingerprint density at radius 3 is 2.48 bits per heavy atom. The van der Waals surface area contributed by atoms with Crippen LogP contribution in [0.25, 0.3) is 0 Å². The van der Waals surface area contributed by atoms with E-state index in [1.807, 2.05) is 26.8 Å². The SMILES string of the molecule is CC1CCN(C[C@@H](NC(=O)[C@H]2Cc3ccc(O)cc3CN2C(=O)OC(C)(C)C)C2CC2)CC1. The number of carbonyl (C=O) groups is 2. The molecule has 1 saturated heterocycles. The molecule has 2 fully saturated rings. The first-order valence-electron chi connectivity index (χ1n) is 12.4. The van der Waals surface area contributed by atoms with Crippen molar-refractivity contribution in [1.29, 1.82) is 0 Å². The van der Waals surface area contributed by atoms with Gasteiger partial charge in [-0.2, -0.15) is 0 Å². The quantitative estimate of drug-likeness (QED) is 0.705. The average molecular weight is 458 g/mol. The molecule has 2 N–H and O–H groups in total. The third kappa shape index (κ3) is 6.19. The van der Waals surface area contributed by atoms with E-state index in [4.69, 9.17) is 4.74 Å². The molecule has 0 bridgehead atoms. The van der Waals surface area contributed by atoms with Crippen LogP contribution in [0.5, 0.6) is 5.75 Å². The number of nitrogens with zero attached hydrogens (tertiary/aromatic N) is 2. The molecule has 0 aromatic heterocycles. The van der Waals surface area contributed by atoms with Crippen LogP contribution in [-0.4, -0.2) is 64.2 Å². The molecule has 4 rings (SSSR count). The third-order valence-electron chi connectivity index (χ3n) is 7.10. The second kappa shape index (κ2) is 9.53. The summed E-state index contributed by atoms with van der Waals surface area (Å²) in [5.74, 6) is 1.35. The number of carbonyl (C=O) groups excluding carboxylic acids is 2. The summed E-state index contributed by atoms with van der Waals surface area (Å²) >= 11 is 0. The van der Waals surface area contributed by atoms with Gasteiger partial charge >= 0.3 is 6.09 Å². The van der Waals surface area contributed by atoms with Crippen molar-refractivity contribution in [3.63, 3.8) is 0 Å². The summed E-state index contributed by atoms with van der Waals surface area (Å²) in [5, 5.41) is 13.2. The van der Waals surface area contributed by atoms with Crippen molar-refractivity contribution in [1.82, 2.24) is 15.1 Å². The van der Waals surface area contributed by atoms with E-state index < -0.39 is 17.7 Å². The third-order valence-corrected chi connectivity index (χ3v) is 7.10. The van der Waals surface area contributed by atoms with Gasteiger partial charge in [0.1, 0.15) is 17.4 Å². The van der Waals surface area contributed by atoms with Gasteiger partial charge in [-0.3, -0.25) is 9.69 Å². The van der Waals surface area contributed by atoms with Crippen molar-refractivity contribution in [3.05, 3.63) is 29.3 Å². The Bertz CT molecular complexity index is 869. The molecule has 182 valence electrons. The zero-order valence-electron chi connectivity index (χ0n) is 20.5. The van der Waals surface area contributed by atoms with Crippen molar-refractivity contribution in [2.75, 3.05) is 19.6 Å². The molecule has 7 heteroatoms. The molecular formula is C26H39N3O4. The molecule has 0 spiro atoms. The van der Waals surface area contributed by atoms with Gasteiger partial charge in [-0.05, 0) is 94.6 Å². The van der Waals surface area contributed by atoms with Gasteiger partial charge in [-0.15, -0.1) is 0 Å². The second-order valence-electron chi connectivity index (χ2n) is 11.2. The fraction of sp³-hybridized carbons (Fsp3) is 0.692. The standard InChI is InChI=1S/C26H39N3O4/c1-17-9-11-28(12-10-17)16-22(18-5-6-18)27-24(31)23-14-19-7-8-21(30)13-20(19)15-29(23)25(32)33-26(2,3)4/h7-8,13,17-18,22-23,30H,5-6,9-12,14-16H2,1-4H3,(H,27,31)/t22-,23-/m1/s1. The Kier molecular flexibility index (Phi) is 6.89. The summed E-state index contributed by atoms with van der Waals surface area (Å²) in [7, 11) is 0. The number of rotatable bonds is 5. The van der Waals surface area contributed by atoms with Gasteiger partial charge in [-0.1, -0.05) is 13.0 Å². The lowest BCUT2D eigenvalue weighted by molar-refractivity contribution is -0.128. The van der Waals surface area contributed by atoms with E-state index in [1.54, 1.807) is 12.1 Å². The van der Waals surface area contributed by atoms with Crippen molar-refractivity contribution in [3.8, 4) is 5.75 Å². The summed E-state index contributed by atoms with van der Waals surface area (Å²) in [6, 6.07) is 4.66. The van der Waals surface area contributed by atoms with Crippen LogP contribution in [0.4, 0.5) is 4.79 Å². The Labute approximate surface area is 197 Å². The maximum absolute atomic E-state index is 13.6. The number of nitrogens with one attached hydrogen (secondary N) is 1. The fourth-order valence-corrected chi connectivity index (χ4v) is 4.93. The first kappa shape index (κ1) is 23.9. The summed E-state index contributed by atoms with van der Waals surface area (Å²) in [5.41, 5.74) is 1.19. The van der Waals surface area contributed by atoms with Crippen molar-refractivity contribution in [2.24, 2.45) is 11.8 Å². The molecule has 2 atom stereocenters. The minimum atomic E-state index is -0.654. The molecule has 2 aliphatic heterocycles. The molecule has 7 nitrogen and oxygen atoms in total. The normalized spacial score (nSPS) is 23.0. The zero-order chi connectivity index (χ0) is 23.8. The van der Waals surface area contributed by atoms with E-state index in [9.17, 15) is 14.7 Å². The van der Waals surface area contributed by atoms with Crippen LogP contribution >= 0.6 is 0 Å². The van der Waals surface area contributed by atoms with Gasteiger partial charge in [0.05, 0.1) is 6.54 Å². The van der Waals surface area contributed by atoms with Crippen molar-refractivity contribution in [2.45, 2.75) is 84.0 Å². The number of fused-ring (bicyclic) bond motifs is 1. The summed E-state index contributed by atoms with van der Waals surface area (Å²) < 4.78 is 5.64. The lowest BCUT2D eigenvalue weighted by Crippen LogP contribution is -2.57. The lowest BCUT2D eigenvalue weighted by Gasteiger charge is -2.38. The first-order chi connectivity index (χ1) is 15.6. The van der Waals surface area contributed by atoms with Crippen LogP contribution in [0.3, 0.4) is 0 Å². The van der Waals surface area contributed by atoms with Gasteiger partial charge in [0.2, 0.25) is 5.91 Å². The maximum atomic E-state index is 13.6. The van der Waals surface area contributed by atoms with Crippen molar-refractivity contribution >= 4 is 12.0 Å². The summed E-state index contributed by atoms with van der Waals surface area (Å²) in [6.07, 6.45) is 4.65. The van der Waals surface area contributed by atoms with Crippen LogP contribution in [0.2, 0.25) is 0 Å². The summed E-state index contributed by atoms with van der Waals surface area (Å²) in [4.78, 5) is 30.6. The van der Waals surface area contributed by atoms with Gasteiger partial charge < -0.3 is 20.1 Å². The van der Waals surface area contributed by atoms with E-state index >= 15 is 0 Å². The number of benzene rings is 1. The Balaban J connectivity index is 1.49. The zero-order valence-corrected chi connectivity index (χ0v) is 20.5. The van der Waals surface area contributed by atoms with Crippen LogP contribution < -0.4 is 5.32 Å². The topological polar surface area (TPSA) is 82.1 Å². The number of phenolic OH excluding ortho intramolecular Hbond substituents is 1. The number of ether oxygens (including phenoxy) is 1. The molecule has 1 saturated carbocycles. The highest BCUT2D eigenvalue weighted by molar-refractivity contribution is 5.87. The van der Waals surface area contributed by atoms with Crippen LogP contribution in [0, 0.1) is 11.8 Å². The van der Waals surface area contributed by atoms with Crippen LogP contribution in [0.1, 0.15) is 64.5 Å². The Morgan fingerprint density at radius 1 is 1.15 bits per heavy atom. The van der Waals surface area contributed by atoms with Crippen molar-refractivity contribution < 1.29 is 19.4 Å². The highest BCUT2D eigenvalue weighted by atomic mass is 16.6. The smallest absolute Gasteiger partial charge is 0.411 e. The molecule has 1 aliphatic carbocycles. The number of likely N-dealkylation sites (tertiary alicyclic amines) is 1. The first-order valence-corrected chi connectivity index (χ1v) is 12.4. The molecule has 1 aromatic rings. The van der Waals surface area contributed by atoms with E-state index in [2.05, 4.69) is 17.1 Å². The van der Waals surface area contributed by atoms with E-state index in [0.717, 1.165) is 49.5 Å². The summed E-state index contributed by atoms with van der Waals surface area (Å²) in [6.45, 7) is 11.1. The van der Waals surface area contributed by atoms with E-state index in [0.29, 0.717) is 12.3 Å². The molecule has 33 heavy (non-hydrogen) atoms. The van der Waals surface area contributed by atoms with Gasteiger partial charge in [0, 0.05) is 19.0 Å². The number of phenols is 1. The second-order valence-corrected chi connectivity index (χ2v) is 11.2.